The molecule has 1 heterocycles. The first-order valence-corrected chi connectivity index (χ1v) is 10.5. The Morgan fingerprint density at radius 1 is 1.17 bits per heavy atom. The summed E-state index contributed by atoms with van der Waals surface area (Å²) in [5.41, 5.74) is 0.502. The Morgan fingerprint density at radius 3 is 2.33 bits per heavy atom. The van der Waals surface area contributed by atoms with E-state index in [1.807, 2.05) is 31.7 Å². The summed E-state index contributed by atoms with van der Waals surface area (Å²) in [5.74, 6) is -0.157. The van der Waals surface area contributed by atoms with E-state index in [4.69, 9.17) is 21.1 Å². The molecule has 2 amide bonds. The summed E-state index contributed by atoms with van der Waals surface area (Å²) in [6, 6.07) is 4.75. The van der Waals surface area contributed by atoms with E-state index in [9.17, 15) is 9.59 Å². The molecule has 2 aromatic rings. The van der Waals surface area contributed by atoms with E-state index in [0.717, 1.165) is 5.69 Å². The minimum atomic E-state index is -0.657. The average Bonchev–Trinajstić information content (AvgIpc) is 2.89. The van der Waals surface area contributed by atoms with E-state index in [0.29, 0.717) is 21.1 Å². The molecule has 0 bridgehead atoms. The topological polar surface area (TPSA) is 81.9 Å². The molecule has 0 spiro atoms. The molecule has 30 heavy (non-hydrogen) atoms. The Kier molecular flexibility index (Phi) is 7.04. The van der Waals surface area contributed by atoms with Crippen molar-refractivity contribution in [2.24, 2.45) is 4.99 Å². The Morgan fingerprint density at radius 2 is 1.80 bits per heavy atom. The fourth-order valence-corrected chi connectivity index (χ4v) is 3.98. The van der Waals surface area contributed by atoms with Crippen LogP contribution in [0.3, 0.4) is 0 Å². The Labute approximate surface area is 185 Å². The van der Waals surface area contributed by atoms with Crippen LogP contribution in [0.5, 0.6) is 5.75 Å². The standard InChI is InChI=1S/C21H28ClN3O4S/c1-12-16(23-19(27)29-21(5,6)7)18(30-25(12)20(2,3)4)24-17(26)14-11-13(22)9-10-15(14)28-8/h9-11H,1-8H3,(H,23,27). The van der Waals surface area contributed by atoms with Gasteiger partial charge in [0.25, 0.3) is 5.91 Å². The highest BCUT2D eigenvalue weighted by Crippen LogP contribution is 2.26. The van der Waals surface area contributed by atoms with Gasteiger partial charge in [0, 0.05) is 10.6 Å². The molecule has 1 aromatic heterocycles. The molecule has 0 saturated heterocycles. The van der Waals surface area contributed by atoms with Gasteiger partial charge in [-0.1, -0.05) is 11.6 Å². The van der Waals surface area contributed by atoms with Crippen LogP contribution in [0.2, 0.25) is 5.02 Å². The van der Waals surface area contributed by atoms with Gasteiger partial charge in [0.15, 0.2) is 4.67 Å². The number of benzene rings is 1. The zero-order valence-corrected chi connectivity index (χ0v) is 20.1. The van der Waals surface area contributed by atoms with Crippen LogP contribution in [0.4, 0.5) is 10.5 Å². The van der Waals surface area contributed by atoms with Crippen LogP contribution in [0.15, 0.2) is 23.2 Å². The van der Waals surface area contributed by atoms with Gasteiger partial charge in [-0.25, -0.2) is 4.79 Å². The van der Waals surface area contributed by atoms with Gasteiger partial charge in [0.05, 0.1) is 18.4 Å². The number of hydrogen-bond acceptors (Lipinski definition) is 5. The molecule has 2 rings (SSSR count). The van der Waals surface area contributed by atoms with Crippen LogP contribution >= 0.6 is 23.1 Å². The maximum Gasteiger partial charge on any atom is 0.412 e. The second-order valence-electron chi connectivity index (χ2n) is 8.71. The molecule has 0 fully saturated rings. The number of methoxy groups -OCH3 is 1. The van der Waals surface area contributed by atoms with Gasteiger partial charge in [-0.2, -0.15) is 4.99 Å². The van der Waals surface area contributed by atoms with E-state index >= 15 is 0 Å². The van der Waals surface area contributed by atoms with Crippen LogP contribution in [0, 0.1) is 6.92 Å². The number of carbonyl (C=O) groups excluding carboxylic acids is 2. The molecular formula is C21H28ClN3O4S. The average molecular weight is 454 g/mol. The van der Waals surface area contributed by atoms with Crippen molar-refractivity contribution in [3.05, 3.63) is 39.2 Å². The summed E-state index contributed by atoms with van der Waals surface area (Å²) in [6.07, 6.45) is -0.617. The number of rotatable bonds is 3. The maximum atomic E-state index is 12.9. The normalized spacial score (nSPS) is 12.6. The molecule has 7 nitrogen and oxygen atoms in total. The highest BCUT2D eigenvalue weighted by Gasteiger charge is 2.24. The lowest BCUT2D eigenvalue weighted by Gasteiger charge is -2.22. The van der Waals surface area contributed by atoms with Gasteiger partial charge >= 0.3 is 6.09 Å². The lowest BCUT2D eigenvalue weighted by molar-refractivity contribution is 0.0635. The van der Waals surface area contributed by atoms with E-state index in [2.05, 4.69) is 10.3 Å². The Bertz CT molecular complexity index is 1030. The van der Waals surface area contributed by atoms with Crippen molar-refractivity contribution in [2.75, 3.05) is 12.4 Å². The predicted molar refractivity (Wildman–Crippen MR) is 120 cm³/mol. The summed E-state index contributed by atoms with van der Waals surface area (Å²) in [5, 5.41) is 3.15. The fraction of sp³-hybridized carbons (Fsp3) is 0.476. The molecule has 9 heteroatoms. The summed E-state index contributed by atoms with van der Waals surface area (Å²) in [7, 11) is 1.47. The van der Waals surface area contributed by atoms with Gasteiger partial charge in [0.1, 0.15) is 17.0 Å². The third-order valence-corrected chi connectivity index (χ3v) is 5.60. The van der Waals surface area contributed by atoms with Gasteiger partial charge in [-0.3, -0.25) is 14.1 Å². The number of aromatic nitrogens is 1. The van der Waals surface area contributed by atoms with Crippen LogP contribution in [0.25, 0.3) is 0 Å². The number of halogens is 1. The van der Waals surface area contributed by atoms with Gasteiger partial charge in [-0.05, 0) is 78.2 Å². The molecule has 0 aliphatic heterocycles. The molecule has 1 aromatic carbocycles. The number of nitrogens with zero attached hydrogens (tertiary/aromatic N) is 2. The lowest BCUT2D eigenvalue weighted by Crippen LogP contribution is -2.28. The van der Waals surface area contributed by atoms with Crippen molar-refractivity contribution in [1.29, 1.82) is 0 Å². The first kappa shape index (κ1) is 24.0. The van der Waals surface area contributed by atoms with E-state index < -0.39 is 17.6 Å². The van der Waals surface area contributed by atoms with Crippen molar-refractivity contribution in [3.63, 3.8) is 0 Å². The molecule has 0 atom stereocenters. The second-order valence-corrected chi connectivity index (χ2v) is 10.1. The second kappa shape index (κ2) is 8.81. The number of amides is 2. The molecule has 0 radical (unpaired) electrons. The summed E-state index contributed by atoms with van der Waals surface area (Å²) < 4.78 is 13.0. The quantitative estimate of drug-likeness (QED) is 0.677. The SMILES string of the molecule is COc1ccc(Cl)cc1C(=O)N=c1sn(C(C)(C)C)c(C)c1NC(=O)OC(C)(C)C. The Balaban J connectivity index is 2.59. The third-order valence-electron chi connectivity index (χ3n) is 3.89. The number of nitrogens with one attached hydrogen (secondary N) is 1. The van der Waals surface area contributed by atoms with Crippen molar-refractivity contribution in [2.45, 2.75) is 59.6 Å². The number of ether oxygens (including phenoxy) is 2. The summed E-state index contributed by atoms with van der Waals surface area (Å²) in [6.45, 7) is 13.3. The van der Waals surface area contributed by atoms with Crippen LogP contribution < -0.4 is 14.7 Å². The largest absolute Gasteiger partial charge is 0.496 e. The summed E-state index contributed by atoms with van der Waals surface area (Å²) >= 11 is 7.33. The van der Waals surface area contributed by atoms with Crippen LogP contribution in [0.1, 0.15) is 57.6 Å². The molecule has 164 valence electrons. The first-order chi connectivity index (χ1) is 13.7. The summed E-state index contributed by atoms with van der Waals surface area (Å²) in [4.78, 5) is 29.6. The third kappa shape index (κ3) is 5.86. The predicted octanol–water partition coefficient (Wildman–Crippen LogP) is 5.36. The van der Waals surface area contributed by atoms with E-state index in [1.54, 1.807) is 32.9 Å². The maximum absolute atomic E-state index is 12.9. The van der Waals surface area contributed by atoms with Crippen LogP contribution in [-0.4, -0.2) is 28.7 Å². The molecule has 0 aliphatic carbocycles. The van der Waals surface area contributed by atoms with Crippen LogP contribution in [-0.2, 0) is 10.3 Å². The highest BCUT2D eigenvalue weighted by molar-refractivity contribution is 7.04. The number of carbonyl (C=O) groups is 2. The zero-order valence-electron chi connectivity index (χ0n) is 18.5. The molecule has 0 aliphatic rings. The minimum Gasteiger partial charge on any atom is -0.496 e. The van der Waals surface area contributed by atoms with Crippen molar-refractivity contribution >= 4 is 40.8 Å². The molecule has 0 saturated carbocycles. The minimum absolute atomic E-state index is 0.238. The molecular weight excluding hydrogens is 426 g/mol. The van der Waals surface area contributed by atoms with E-state index in [-0.39, 0.29) is 11.1 Å². The molecule has 0 unspecified atom stereocenters. The highest BCUT2D eigenvalue weighted by atomic mass is 35.5. The van der Waals surface area contributed by atoms with Gasteiger partial charge in [-0.15, -0.1) is 0 Å². The first-order valence-electron chi connectivity index (χ1n) is 9.39. The monoisotopic (exact) mass is 453 g/mol. The lowest BCUT2D eigenvalue weighted by atomic mass is 10.1. The Hall–Kier alpha value is -2.32. The molecule has 1 N–H and O–H groups in total. The smallest absolute Gasteiger partial charge is 0.412 e. The number of anilines is 1. The van der Waals surface area contributed by atoms with E-state index in [1.165, 1.54) is 24.7 Å². The van der Waals surface area contributed by atoms with Gasteiger partial charge < -0.3 is 9.47 Å². The number of hydrogen-bond donors (Lipinski definition) is 1. The fourth-order valence-electron chi connectivity index (χ4n) is 2.72. The van der Waals surface area contributed by atoms with Crippen molar-refractivity contribution in [1.82, 2.24) is 3.96 Å². The van der Waals surface area contributed by atoms with Crippen molar-refractivity contribution < 1.29 is 19.1 Å². The zero-order chi connectivity index (χ0) is 22.9. The van der Waals surface area contributed by atoms with Crippen molar-refractivity contribution in [3.8, 4) is 5.75 Å². The van der Waals surface area contributed by atoms with Gasteiger partial charge in [0.2, 0.25) is 0 Å².